The average Bonchev–Trinajstić information content (AvgIpc) is 3.21. The van der Waals surface area contributed by atoms with Gasteiger partial charge in [0.15, 0.2) is 5.82 Å². The first kappa shape index (κ1) is 20.1. The molecule has 4 rings (SSSR count). The maximum atomic E-state index is 12.4. The van der Waals surface area contributed by atoms with E-state index in [-0.39, 0.29) is 5.91 Å². The molecule has 3 aromatic rings. The summed E-state index contributed by atoms with van der Waals surface area (Å²) in [6.45, 7) is 3.70. The summed E-state index contributed by atoms with van der Waals surface area (Å²) in [6, 6.07) is 8.58. The second kappa shape index (κ2) is 9.53. The van der Waals surface area contributed by atoms with Crippen LogP contribution in [0.1, 0.15) is 35.5 Å². The van der Waals surface area contributed by atoms with E-state index in [2.05, 4.69) is 54.7 Å². The molecule has 9 heteroatoms. The molecule has 1 aromatic carbocycles. The van der Waals surface area contributed by atoms with Gasteiger partial charge in [-0.15, -0.1) is 5.10 Å². The van der Waals surface area contributed by atoms with Crippen molar-refractivity contribution in [1.82, 2.24) is 40.0 Å². The fraction of sp³-hybridized carbons (Fsp3) is 0.429. The van der Waals surface area contributed by atoms with Gasteiger partial charge in [-0.25, -0.2) is 4.68 Å². The number of rotatable bonds is 8. The molecule has 3 heterocycles. The fourth-order valence-electron chi connectivity index (χ4n) is 3.71. The van der Waals surface area contributed by atoms with E-state index in [1.54, 1.807) is 30.5 Å². The number of carbonyl (C=O) groups is 1. The van der Waals surface area contributed by atoms with E-state index in [1.807, 2.05) is 4.68 Å². The Labute approximate surface area is 175 Å². The van der Waals surface area contributed by atoms with Gasteiger partial charge in [-0.2, -0.15) is 0 Å². The highest BCUT2D eigenvalue weighted by Gasteiger charge is 2.18. The molecular formula is C21H26N8O. The molecule has 0 saturated heterocycles. The molecule has 0 fully saturated rings. The zero-order valence-electron chi connectivity index (χ0n) is 17.2. The van der Waals surface area contributed by atoms with Crippen molar-refractivity contribution in [3.05, 3.63) is 65.5 Å². The Morgan fingerprint density at radius 2 is 2.07 bits per heavy atom. The Hall–Kier alpha value is -3.20. The van der Waals surface area contributed by atoms with Crippen molar-refractivity contribution >= 4 is 5.91 Å². The minimum atomic E-state index is 0.0721. The smallest absolute Gasteiger partial charge is 0.222 e. The highest BCUT2D eigenvalue weighted by molar-refractivity contribution is 5.75. The van der Waals surface area contributed by atoms with Crippen LogP contribution in [-0.4, -0.2) is 59.5 Å². The van der Waals surface area contributed by atoms with Crippen molar-refractivity contribution in [1.29, 1.82) is 0 Å². The molecule has 1 amide bonds. The van der Waals surface area contributed by atoms with Crippen molar-refractivity contribution in [3.63, 3.8) is 0 Å². The van der Waals surface area contributed by atoms with E-state index in [4.69, 9.17) is 0 Å². The van der Waals surface area contributed by atoms with Gasteiger partial charge in [0.05, 0.1) is 25.0 Å². The Bertz CT molecular complexity index is 974. The van der Waals surface area contributed by atoms with E-state index in [1.165, 1.54) is 11.1 Å². The molecule has 0 unspecified atom stereocenters. The number of hydrogen-bond donors (Lipinski definition) is 0. The van der Waals surface area contributed by atoms with Crippen molar-refractivity contribution in [2.45, 2.75) is 45.4 Å². The number of aromatic nitrogens is 6. The molecule has 9 nitrogen and oxygen atoms in total. The molecule has 1 aliphatic heterocycles. The SMILES string of the molecule is CN(Cc1cnccn1)C(=O)CCCn1nnnc1CN1CCc2ccccc2C1. The second-order valence-corrected chi connectivity index (χ2v) is 7.60. The van der Waals surface area contributed by atoms with Gasteiger partial charge in [0.1, 0.15) is 0 Å². The fourth-order valence-corrected chi connectivity index (χ4v) is 3.71. The first-order chi connectivity index (χ1) is 14.7. The molecule has 0 N–H and O–H groups in total. The Morgan fingerprint density at radius 3 is 2.90 bits per heavy atom. The topological polar surface area (TPSA) is 92.9 Å². The molecule has 0 saturated carbocycles. The summed E-state index contributed by atoms with van der Waals surface area (Å²) in [5.74, 6) is 0.914. The third-order valence-electron chi connectivity index (χ3n) is 5.38. The quantitative estimate of drug-likeness (QED) is 0.559. The molecule has 0 bridgehead atoms. The molecule has 2 aromatic heterocycles. The first-order valence-electron chi connectivity index (χ1n) is 10.2. The largest absolute Gasteiger partial charge is 0.340 e. The molecule has 1 aliphatic rings. The number of benzene rings is 1. The number of fused-ring (bicyclic) bond motifs is 1. The summed E-state index contributed by atoms with van der Waals surface area (Å²) in [4.78, 5) is 24.7. The first-order valence-corrected chi connectivity index (χ1v) is 10.2. The average molecular weight is 406 g/mol. The monoisotopic (exact) mass is 406 g/mol. The van der Waals surface area contributed by atoms with Crippen LogP contribution in [0, 0.1) is 0 Å². The Kier molecular flexibility index (Phi) is 6.38. The van der Waals surface area contributed by atoms with Crippen LogP contribution in [0.4, 0.5) is 0 Å². The van der Waals surface area contributed by atoms with E-state index in [0.717, 1.165) is 31.0 Å². The summed E-state index contributed by atoms with van der Waals surface area (Å²) in [5.41, 5.74) is 3.58. The van der Waals surface area contributed by atoms with Crippen LogP contribution in [-0.2, 0) is 37.4 Å². The van der Waals surface area contributed by atoms with Crippen LogP contribution >= 0.6 is 0 Å². The number of aryl methyl sites for hydroxylation is 1. The van der Waals surface area contributed by atoms with Crippen LogP contribution in [0.2, 0.25) is 0 Å². The lowest BCUT2D eigenvalue weighted by molar-refractivity contribution is -0.130. The highest BCUT2D eigenvalue weighted by atomic mass is 16.2. The van der Waals surface area contributed by atoms with Gasteiger partial charge in [0, 0.05) is 45.5 Å². The van der Waals surface area contributed by atoms with Gasteiger partial charge in [0.25, 0.3) is 0 Å². The van der Waals surface area contributed by atoms with Crippen LogP contribution in [0.3, 0.4) is 0 Å². The number of tetrazole rings is 1. The lowest BCUT2D eigenvalue weighted by atomic mass is 10.00. The molecule has 0 spiro atoms. The van der Waals surface area contributed by atoms with Gasteiger partial charge in [-0.05, 0) is 34.4 Å². The molecule has 0 atom stereocenters. The van der Waals surface area contributed by atoms with Gasteiger partial charge < -0.3 is 4.90 Å². The minimum absolute atomic E-state index is 0.0721. The Balaban J connectivity index is 1.25. The van der Waals surface area contributed by atoms with Crippen molar-refractivity contribution in [3.8, 4) is 0 Å². The van der Waals surface area contributed by atoms with Gasteiger partial charge in [-0.3, -0.25) is 19.7 Å². The standard InChI is InChI=1S/C21H26N8O/c1-27(15-19-13-22-9-10-23-19)21(30)7-4-11-29-20(24-25-26-29)16-28-12-8-17-5-2-3-6-18(17)14-28/h2-3,5-6,9-10,13H,4,7-8,11-12,14-16H2,1H3. The Morgan fingerprint density at radius 1 is 1.20 bits per heavy atom. The summed E-state index contributed by atoms with van der Waals surface area (Å²) < 4.78 is 1.82. The molecular weight excluding hydrogens is 380 g/mol. The van der Waals surface area contributed by atoms with Gasteiger partial charge in [0.2, 0.25) is 5.91 Å². The summed E-state index contributed by atoms with van der Waals surface area (Å²) in [5, 5.41) is 12.2. The van der Waals surface area contributed by atoms with Crippen LogP contribution < -0.4 is 0 Å². The van der Waals surface area contributed by atoms with E-state index in [0.29, 0.717) is 32.5 Å². The van der Waals surface area contributed by atoms with Crippen LogP contribution in [0.15, 0.2) is 42.9 Å². The van der Waals surface area contributed by atoms with E-state index in [9.17, 15) is 4.79 Å². The van der Waals surface area contributed by atoms with Crippen molar-refractivity contribution in [2.24, 2.45) is 0 Å². The van der Waals surface area contributed by atoms with Gasteiger partial charge in [-0.1, -0.05) is 24.3 Å². The van der Waals surface area contributed by atoms with Crippen molar-refractivity contribution < 1.29 is 4.79 Å². The number of nitrogens with zero attached hydrogens (tertiary/aromatic N) is 8. The van der Waals surface area contributed by atoms with Gasteiger partial charge >= 0.3 is 0 Å². The molecule has 156 valence electrons. The van der Waals surface area contributed by atoms with Crippen LogP contribution in [0.25, 0.3) is 0 Å². The second-order valence-electron chi connectivity index (χ2n) is 7.60. The highest BCUT2D eigenvalue weighted by Crippen LogP contribution is 2.19. The zero-order valence-corrected chi connectivity index (χ0v) is 17.2. The molecule has 30 heavy (non-hydrogen) atoms. The maximum Gasteiger partial charge on any atom is 0.222 e. The summed E-state index contributed by atoms with van der Waals surface area (Å²) >= 11 is 0. The third kappa shape index (κ3) is 5.04. The predicted octanol–water partition coefficient (Wildman–Crippen LogP) is 1.46. The molecule has 0 radical (unpaired) electrons. The summed E-state index contributed by atoms with van der Waals surface area (Å²) in [7, 11) is 1.79. The lowest BCUT2D eigenvalue weighted by Crippen LogP contribution is -2.31. The maximum absolute atomic E-state index is 12.4. The number of hydrogen-bond acceptors (Lipinski definition) is 7. The summed E-state index contributed by atoms with van der Waals surface area (Å²) in [6.07, 6.45) is 7.10. The predicted molar refractivity (Wildman–Crippen MR) is 110 cm³/mol. The van der Waals surface area contributed by atoms with Crippen molar-refractivity contribution in [2.75, 3.05) is 13.6 Å². The number of amides is 1. The lowest BCUT2D eigenvalue weighted by Gasteiger charge is -2.28. The normalized spacial score (nSPS) is 13.8. The minimum Gasteiger partial charge on any atom is -0.340 e. The van der Waals surface area contributed by atoms with Crippen LogP contribution in [0.5, 0.6) is 0 Å². The zero-order chi connectivity index (χ0) is 20.8. The number of carbonyl (C=O) groups excluding carboxylic acids is 1. The van der Waals surface area contributed by atoms with E-state index >= 15 is 0 Å². The molecule has 0 aliphatic carbocycles. The van der Waals surface area contributed by atoms with E-state index < -0.39 is 0 Å². The third-order valence-corrected chi connectivity index (χ3v) is 5.38.